The summed E-state index contributed by atoms with van der Waals surface area (Å²) in [6, 6.07) is 4.37. The average Bonchev–Trinajstić information content (AvgIpc) is 2.86. The molecule has 1 fully saturated rings. The molecule has 0 aliphatic carbocycles. The average molecular weight is 316 g/mol. The number of sulfonamides is 1. The molecule has 1 aromatic rings. The lowest BCUT2D eigenvalue weighted by atomic mass is 10.00. The molecule has 1 N–H and O–H groups in total. The number of piperidine rings is 1. The molecule has 0 bridgehead atoms. The number of aryl methyl sites for hydroxylation is 1. The molecule has 1 unspecified atom stereocenters. The molecule has 0 aromatic carbocycles. The molecular weight excluding hydrogens is 292 g/mol. The van der Waals surface area contributed by atoms with Crippen LogP contribution in [0.25, 0.3) is 0 Å². The van der Waals surface area contributed by atoms with E-state index in [0.29, 0.717) is 19.0 Å². The predicted molar refractivity (Wildman–Crippen MR) is 84.5 cm³/mol. The Morgan fingerprint density at radius 1 is 1.40 bits per heavy atom. The van der Waals surface area contributed by atoms with E-state index < -0.39 is 10.0 Å². The highest BCUT2D eigenvalue weighted by Gasteiger charge is 2.25. The van der Waals surface area contributed by atoms with Crippen molar-refractivity contribution in [1.82, 2.24) is 9.62 Å². The lowest BCUT2D eigenvalue weighted by Crippen LogP contribution is -2.42. The van der Waals surface area contributed by atoms with Crippen molar-refractivity contribution in [3.05, 3.63) is 21.9 Å². The van der Waals surface area contributed by atoms with Gasteiger partial charge in [-0.05, 0) is 43.9 Å². The van der Waals surface area contributed by atoms with Gasteiger partial charge in [-0.1, -0.05) is 6.92 Å². The third-order valence-corrected chi connectivity index (χ3v) is 6.25. The summed E-state index contributed by atoms with van der Waals surface area (Å²) in [5, 5.41) is 3.47. The molecule has 1 saturated heterocycles. The van der Waals surface area contributed by atoms with Gasteiger partial charge in [-0.25, -0.2) is 12.7 Å². The van der Waals surface area contributed by atoms with Gasteiger partial charge in [-0.3, -0.25) is 0 Å². The Bertz CT molecular complexity index is 525. The van der Waals surface area contributed by atoms with Gasteiger partial charge in [-0.15, -0.1) is 11.3 Å². The van der Waals surface area contributed by atoms with E-state index in [9.17, 15) is 8.42 Å². The van der Waals surface area contributed by atoms with E-state index >= 15 is 0 Å². The summed E-state index contributed by atoms with van der Waals surface area (Å²) in [5.74, 6) is 0.434. The third-order valence-electron chi connectivity index (χ3n) is 3.75. The Balaban J connectivity index is 1.76. The van der Waals surface area contributed by atoms with Gasteiger partial charge in [0.1, 0.15) is 0 Å². The quantitative estimate of drug-likeness (QED) is 0.874. The smallest absolute Gasteiger partial charge is 0.211 e. The standard InChI is InChI=1S/C14H24N2O2S2/c1-3-13-6-7-14(19-13)10-15-9-12-5-4-8-16(11-12)20(2,17)18/h6-7,12,15H,3-5,8-11H2,1-2H3. The molecule has 2 heterocycles. The Labute approximate surface area is 126 Å². The first kappa shape index (κ1) is 15.9. The van der Waals surface area contributed by atoms with E-state index in [0.717, 1.165) is 32.4 Å². The zero-order valence-electron chi connectivity index (χ0n) is 12.3. The first-order chi connectivity index (χ1) is 9.49. The van der Waals surface area contributed by atoms with Crippen LogP contribution in [0.15, 0.2) is 12.1 Å². The van der Waals surface area contributed by atoms with Crippen LogP contribution >= 0.6 is 11.3 Å². The molecule has 2 rings (SSSR count). The summed E-state index contributed by atoms with van der Waals surface area (Å²) in [6.45, 7) is 5.30. The van der Waals surface area contributed by atoms with Crippen molar-refractivity contribution >= 4 is 21.4 Å². The molecule has 1 atom stereocenters. The Hall–Kier alpha value is -0.430. The van der Waals surface area contributed by atoms with Gasteiger partial charge < -0.3 is 5.32 Å². The minimum atomic E-state index is -3.03. The molecule has 1 aliphatic heterocycles. The van der Waals surface area contributed by atoms with Crippen LogP contribution in [-0.4, -0.2) is 38.6 Å². The molecular formula is C14H24N2O2S2. The van der Waals surface area contributed by atoms with Gasteiger partial charge >= 0.3 is 0 Å². The maximum Gasteiger partial charge on any atom is 0.211 e. The summed E-state index contributed by atoms with van der Waals surface area (Å²) < 4.78 is 24.8. The second-order valence-corrected chi connectivity index (χ2v) is 8.72. The van der Waals surface area contributed by atoms with E-state index in [2.05, 4.69) is 24.4 Å². The minimum Gasteiger partial charge on any atom is -0.312 e. The molecule has 20 heavy (non-hydrogen) atoms. The maximum atomic E-state index is 11.6. The predicted octanol–water partition coefficient (Wildman–Crippen LogP) is 2.07. The summed E-state index contributed by atoms with van der Waals surface area (Å²) in [7, 11) is -3.03. The second-order valence-electron chi connectivity index (χ2n) is 5.48. The van der Waals surface area contributed by atoms with Gasteiger partial charge in [0.05, 0.1) is 6.26 Å². The first-order valence-corrected chi connectivity index (χ1v) is 9.89. The van der Waals surface area contributed by atoms with E-state index in [1.807, 2.05) is 11.3 Å². The summed E-state index contributed by atoms with van der Waals surface area (Å²) in [5.41, 5.74) is 0. The topological polar surface area (TPSA) is 49.4 Å². The number of hydrogen-bond acceptors (Lipinski definition) is 4. The molecule has 0 spiro atoms. The number of nitrogens with one attached hydrogen (secondary N) is 1. The first-order valence-electron chi connectivity index (χ1n) is 7.22. The monoisotopic (exact) mass is 316 g/mol. The highest BCUT2D eigenvalue weighted by Crippen LogP contribution is 2.19. The molecule has 0 radical (unpaired) electrons. The normalized spacial score (nSPS) is 21.2. The SMILES string of the molecule is CCc1ccc(CNCC2CCCN(S(C)(=O)=O)C2)s1. The van der Waals surface area contributed by atoms with Crippen LogP contribution in [0.1, 0.15) is 29.5 Å². The fourth-order valence-corrected chi connectivity index (χ4v) is 4.47. The Morgan fingerprint density at radius 3 is 2.80 bits per heavy atom. The van der Waals surface area contributed by atoms with Crippen molar-refractivity contribution < 1.29 is 8.42 Å². The van der Waals surface area contributed by atoms with Gasteiger partial charge in [-0.2, -0.15) is 0 Å². The van der Waals surface area contributed by atoms with Crippen LogP contribution < -0.4 is 5.32 Å². The van der Waals surface area contributed by atoms with Crippen molar-refractivity contribution in [2.24, 2.45) is 5.92 Å². The van der Waals surface area contributed by atoms with E-state index in [-0.39, 0.29) is 0 Å². The summed E-state index contributed by atoms with van der Waals surface area (Å²) in [4.78, 5) is 2.78. The van der Waals surface area contributed by atoms with E-state index in [1.54, 1.807) is 4.31 Å². The number of nitrogens with zero attached hydrogens (tertiary/aromatic N) is 1. The van der Waals surface area contributed by atoms with Crippen LogP contribution in [0.3, 0.4) is 0 Å². The zero-order valence-corrected chi connectivity index (χ0v) is 13.9. The summed E-state index contributed by atoms with van der Waals surface area (Å²) >= 11 is 1.86. The van der Waals surface area contributed by atoms with Gasteiger partial charge in [0.15, 0.2) is 0 Å². The van der Waals surface area contributed by atoms with Crippen LogP contribution in [0.2, 0.25) is 0 Å². The number of thiophene rings is 1. The van der Waals surface area contributed by atoms with Crippen molar-refractivity contribution in [2.45, 2.75) is 32.7 Å². The van der Waals surface area contributed by atoms with Crippen LogP contribution in [-0.2, 0) is 23.0 Å². The summed E-state index contributed by atoms with van der Waals surface area (Å²) in [6.07, 6.45) is 4.49. The Kier molecular flexibility index (Phi) is 5.60. The van der Waals surface area contributed by atoms with Gasteiger partial charge in [0.25, 0.3) is 0 Å². The number of hydrogen-bond donors (Lipinski definition) is 1. The van der Waals surface area contributed by atoms with Crippen molar-refractivity contribution in [1.29, 1.82) is 0 Å². The minimum absolute atomic E-state index is 0.434. The zero-order chi connectivity index (χ0) is 14.6. The van der Waals surface area contributed by atoms with Crippen LogP contribution in [0.5, 0.6) is 0 Å². The lowest BCUT2D eigenvalue weighted by molar-refractivity contribution is 0.261. The van der Waals surface area contributed by atoms with Crippen LogP contribution in [0, 0.1) is 5.92 Å². The highest BCUT2D eigenvalue weighted by atomic mass is 32.2. The van der Waals surface area contributed by atoms with Gasteiger partial charge in [0, 0.05) is 29.4 Å². The molecule has 114 valence electrons. The lowest BCUT2D eigenvalue weighted by Gasteiger charge is -2.31. The van der Waals surface area contributed by atoms with Crippen molar-refractivity contribution in [2.75, 3.05) is 25.9 Å². The van der Waals surface area contributed by atoms with Crippen molar-refractivity contribution in [3.63, 3.8) is 0 Å². The second kappa shape index (κ2) is 7.02. The highest BCUT2D eigenvalue weighted by molar-refractivity contribution is 7.88. The largest absolute Gasteiger partial charge is 0.312 e. The fraction of sp³-hybridized carbons (Fsp3) is 0.714. The third kappa shape index (κ3) is 4.55. The molecule has 6 heteroatoms. The maximum absolute atomic E-state index is 11.6. The molecule has 0 saturated carbocycles. The molecule has 4 nitrogen and oxygen atoms in total. The van der Waals surface area contributed by atoms with Gasteiger partial charge in [0.2, 0.25) is 10.0 Å². The molecule has 0 amide bonds. The Morgan fingerprint density at radius 2 is 2.15 bits per heavy atom. The fourth-order valence-electron chi connectivity index (χ4n) is 2.60. The van der Waals surface area contributed by atoms with E-state index in [1.165, 1.54) is 16.0 Å². The molecule has 1 aromatic heterocycles. The van der Waals surface area contributed by atoms with Crippen molar-refractivity contribution in [3.8, 4) is 0 Å². The molecule has 1 aliphatic rings. The van der Waals surface area contributed by atoms with E-state index in [4.69, 9.17) is 0 Å². The van der Waals surface area contributed by atoms with Crippen LogP contribution in [0.4, 0.5) is 0 Å². The number of rotatable bonds is 6.